The summed E-state index contributed by atoms with van der Waals surface area (Å²) in [5, 5.41) is 7.98. The number of thiazole rings is 1. The Morgan fingerprint density at radius 2 is 2.17 bits per heavy atom. The molecule has 1 atom stereocenters. The molecule has 0 aliphatic rings. The van der Waals surface area contributed by atoms with E-state index in [9.17, 15) is 0 Å². The van der Waals surface area contributed by atoms with Crippen molar-refractivity contribution in [3.63, 3.8) is 0 Å². The highest BCUT2D eigenvalue weighted by molar-refractivity contribution is 7.09. The number of benzene rings is 1. The Balaban J connectivity index is 2.01. The lowest BCUT2D eigenvalue weighted by atomic mass is 10.2. The van der Waals surface area contributed by atoms with Crippen molar-refractivity contribution >= 4 is 34.5 Å². The standard InChI is InChI=1S/C13H14Cl2N2S/c1-8-7-18-13(17-8)9(2)16-6-10-5-11(14)3-4-12(10)15/h3-5,7,9,16H,6H2,1-2H3. The molecule has 0 radical (unpaired) electrons. The number of nitrogens with one attached hydrogen (secondary N) is 1. The summed E-state index contributed by atoms with van der Waals surface area (Å²) in [5.41, 5.74) is 2.06. The number of hydrogen-bond acceptors (Lipinski definition) is 3. The summed E-state index contributed by atoms with van der Waals surface area (Å²) in [6.07, 6.45) is 0. The zero-order chi connectivity index (χ0) is 13.1. The van der Waals surface area contributed by atoms with Crippen molar-refractivity contribution in [3.05, 3.63) is 49.9 Å². The number of hydrogen-bond donors (Lipinski definition) is 1. The Labute approximate surface area is 121 Å². The molecule has 0 spiro atoms. The highest BCUT2D eigenvalue weighted by atomic mass is 35.5. The number of aryl methyl sites for hydroxylation is 1. The molecule has 5 heteroatoms. The Bertz CT molecular complexity index is 540. The smallest absolute Gasteiger partial charge is 0.110 e. The molecule has 0 amide bonds. The normalized spacial score (nSPS) is 12.7. The van der Waals surface area contributed by atoms with Gasteiger partial charge in [-0.2, -0.15) is 0 Å². The van der Waals surface area contributed by atoms with Crippen LogP contribution in [0, 0.1) is 6.92 Å². The molecule has 2 rings (SSSR count). The Kier molecular flexibility index (Phi) is 4.62. The molecule has 0 saturated heterocycles. The van der Waals surface area contributed by atoms with Gasteiger partial charge in [-0.05, 0) is 37.6 Å². The predicted octanol–water partition coefficient (Wildman–Crippen LogP) is 4.61. The first kappa shape index (κ1) is 13.8. The van der Waals surface area contributed by atoms with Gasteiger partial charge in [0.1, 0.15) is 5.01 Å². The van der Waals surface area contributed by atoms with Crippen LogP contribution in [0.2, 0.25) is 10.0 Å². The Morgan fingerprint density at radius 3 is 2.83 bits per heavy atom. The molecule has 0 saturated carbocycles. The maximum atomic E-state index is 6.12. The van der Waals surface area contributed by atoms with E-state index in [-0.39, 0.29) is 6.04 Å². The summed E-state index contributed by atoms with van der Waals surface area (Å²) in [7, 11) is 0. The van der Waals surface area contributed by atoms with Crippen LogP contribution < -0.4 is 5.32 Å². The molecule has 1 aromatic carbocycles. The number of nitrogens with zero attached hydrogens (tertiary/aromatic N) is 1. The topological polar surface area (TPSA) is 24.9 Å². The first-order valence-corrected chi connectivity index (χ1v) is 7.29. The third kappa shape index (κ3) is 3.45. The molecular weight excluding hydrogens is 287 g/mol. The molecule has 1 aromatic heterocycles. The van der Waals surface area contributed by atoms with Crippen LogP contribution in [0.5, 0.6) is 0 Å². The van der Waals surface area contributed by atoms with Gasteiger partial charge in [0.2, 0.25) is 0 Å². The fraction of sp³-hybridized carbons (Fsp3) is 0.308. The van der Waals surface area contributed by atoms with Gasteiger partial charge >= 0.3 is 0 Å². The quantitative estimate of drug-likeness (QED) is 0.892. The van der Waals surface area contributed by atoms with Crippen molar-refractivity contribution < 1.29 is 0 Å². The van der Waals surface area contributed by atoms with Crippen molar-refractivity contribution in [2.45, 2.75) is 26.4 Å². The first-order chi connectivity index (χ1) is 8.56. The van der Waals surface area contributed by atoms with Crippen LogP contribution in [0.1, 0.15) is 29.2 Å². The molecular formula is C13H14Cl2N2S. The molecule has 1 unspecified atom stereocenters. The predicted molar refractivity (Wildman–Crippen MR) is 78.6 cm³/mol. The van der Waals surface area contributed by atoms with E-state index in [1.807, 2.05) is 19.1 Å². The molecule has 1 heterocycles. The van der Waals surface area contributed by atoms with Gasteiger partial charge in [0.05, 0.1) is 6.04 Å². The second-order valence-electron chi connectivity index (χ2n) is 4.17. The van der Waals surface area contributed by atoms with E-state index in [0.29, 0.717) is 11.6 Å². The lowest BCUT2D eigenvalue weighted by Crippen LogP contribution is -2.18. The zero-order valence-corrected chi connectivity index (χ0v) is 12.5. The maximum absolute atomic E-state index is 6.12. The highest BCUT2D eigenvalue weighted by Gasteiger charge is 2.10. The molecule has 1 N–H and O–H groups in total. The summed E-state index contributed by atoms with van der Waals surface area (Å²) in [6.45, 7) is 4.77. The molecule has 18 heavy (non-hydrogen) atoms. The molecule has 0 aliphatic heterocycles. The summed E-state index contributed by atoms with van der Waals surface area (Å²) in [5.74, 6) is 0. The van der Waals surface area contributed by atoms with Gasteiger partial charge in [-0.3, -0.25) is 0 Å². The summed E-state index contributed by atoms with van der Waals surface area (Å²) in [4.78, 5) is 4.46. The summed E-state index contributed by atoms with van der Waals surface area (Å²) < 4.78 is 0. The van der Waals surface area contributed by atoms with Crippen LogP contribution in [-0.4, -0.2) is 4.98 Å². The average Bonchev–Trinajstić information content (AvgIpc) is 2.77. The number of rotatable bonds is 4. The SMILES string of the molecule is Cc1csc(C(C)NCc2cc(Cl)ccc2Cl)n1. The number of aromatic nitrogens is 1. The van der Waals surface area contributed by atoms with Gasteiger partial charge in [0.25, 0.3) is 0 Å². The largest absolute Gasteiger partial charge is 0.304 e. The van der Waals surface area contributed by atoms with Crippen molar-refractivity contribution in [3.8, 4) is 0 Å². The fourth-order valence-corrected chi connectivity index (χ4v) is 2.81. The van der Waals surface area contributed by atoms with Crippen molar-refractivity contribution in [1.29, 1.82) is 0 Å². The van der Waals surface area contributed by atoms with E-state index in [0.717, 1.165) is 21.3 Å². The van der Waals surface area contributed by atoms with Gasteiger partial charge < -0.3 is 5.32 Å². The number of halogens is 2. The Hall–Kier alpha value is -0.610. The van der Waals surface area contributed by atoms with E-state index < -0.39 is 0 Å². The van der Waals surface area contributed by atoms with Gasteiger partial charge in [-0.25, -0.2) is 4.98 Å². The molecule has 96 valence electrons. The van der Waals surface area contributed by atoms with E-state index in [1.54, 1.807) is 17.4 Å². The zero-order valence-electron chi connectivity index (χ0n) is 10.2. The van der Waals surface area contributed by atoms with Crippen molar-refractivity contribution in [1.82, 2.24) is 10.3 Å². The van der Waals surface area contributed by atoms with Crippen LogP contribution in [0.25, 0.3) is 0 Å². The van der Waals surface area contributed by atoms with Crippen LogP contribution in [0.15, 0.2) is 23.6 Å². The third-order valence-corrected chi connectivity index (χ3v) is 4.36. The van der Waals surface area contributed by atoms with Crippen LogP contribution in [-0.2, 0) is 6.54 Å². The van der Waals surface area contributed by atoms with Crippen LogP contribution in [0.4, 0.5) is 0 Å². The van der Waals surface area contributed by atoms with E-state index in [1.165, 1.54) is 0 Å². The fourth-order valence-electron chi connectivity index (χ4n) is 1.60. The second kappa shape index (κ2) is 6.02. The van der Waals surface area contributed by atoms with Gasteiger partial charge in [-0.1, -0.05) is 23.2 Å². The van der Waals surface area contributed by atoms with Gasteiger partial charge in [0.15, 0.2) is 0 Å². The second-order valence-corrected chi connectivity index (χ2v) is 5.90. The maximum Gasteiger partial charge on any atom is 0.110 e. The van der Waals surface area contributed by atoms with Crippen LogP contribution in [0.3, 0.4) is 0 Å². The minimum absolute atomic E-state index is 0.207. The Morgan fingerprint density at radius 1 is 1.39 bits per heavy atom. The van der Waals surface area contributed by atoms with Crippen molar-refractivity contribution in [2.75, 3.05) is 0 Å². The van der Waals surface area contributed by atoms with Crippen molar-refractivity contribution in [2.24, 2.45) is 0 Å². The lowest BCUT2D eigenvalue weighted by molar-refractivity contribution is 0.571. The molecule has 2 aromatic rings. The molecule has 2 nitrogen and oxygen atoms in total. The minimum Gasteiger partial charge on any atom is -0.304 e. The highest BCUT2D eigenvalue weighted by Crippen LogP contribution is 2.22. The summed E-state index contributed by atoms with van der Waals surface area (Å²) >= 11 is 13.7. The minimum atomic E-state index is 0.207. The van der Waals surface area contributed by atoms with E-state index in [4.69, 9.17) is 23.2 Å². The average molecular weight is 301 g/mol. The summed E-state index contributed by atoms with van der Waals surface area (Å²) in [6, 6.07) is 5.70. The monoisotopic (exact) mass is 300 g/mol. The first-order valence-electron chi connectivity index (χ1n) is 5.65. The van der Waals surface area contributed by atoms with Crippen LogP contribution >= 0.6 is 34.5 Å². The third-order valence-electron chi connectivity index (χ3n) is 2.61. The van der Waals surface area contributed by atoms with E-state index >= 15 is 0 Å². The van der Waals surface area contributed by atoms with Gasteiger partial charge in [-0.15, -0.1) is 11.3 Å². The lowest BCUT2D eigenvalue weighted by Gasteiger charge is -2.12. The van der Waals surface area contributed by atoms with Gasteiger partial charge in [0, 0.05) is 27.7 Å². The molecule has 0 aliphatic carbocycles. The molecule has 0 fully saturated rings. The molecule has 0 bridgehead atoms. The van der Waals surface area contributed by atoms with E-state index in [2.05, 4.69) is 22.6 Å².